The molecule has 2 aromatic heterocycles. The lowest BCUT2D eigenvalue weighted by molar-refractivity contribution is -0.123. The number of fused-ring (bicyclic) bond motifs is 5. The third-order valence-electron chi connectivity index (χ3n) is 6.61. The minimum Gasteiger partial charge on any atom is -0.483 e. The number of likely N-dealkylation sites (tertiary alicyclic amines) is 1. The molecular weight excluding hydrogens is 464 g/mol. The highest BCUT2D eigenvalue weighted by molar-refractivity contribution is 5.78. The van der Waals surface area contributed by atoms with E-state index in [9.17, 15) is 9.59 Å². The fourth-order valence-corrected chi connectivity index (χ4v) is 5.45. The quantitative estimate of drug-likeness (QED) is 0.466. The summed E-state index contributed by atoms with van der Waals surface area (Å²) in [6.45, 7) is 2.92. The van der Waals surface area contributed by atoms with E-state index in [0.717, 1.165) is 54.9 Å². The summed E-state index contributed by atoms with van der Waals surface area (Å²) in [6.07, 6.45) is 1.12. The van der Waals surface area contributed by atoms with Gasteiger partial charge in [0.25, 0.3) is 18.5 Å². The van der Waals surface area contributed by atoms with Crippen molar-refractivity contribution < 1.29 is 19.8 Å². The Kier molecular flexibility index (Phi) is 9.15. The molecule has 10 heteroatoms. The first-order valence-electron chi connectivity index (χ1n) is 11.7. The number of H-pyrrole nitrogens is 1. The Hall–Kier alpha value is -3.76. The first-order chi connectivity index (χ1) is 17.3. The molecule has 0 aliphatic carbocycles. The number of aromatic nitrogens is 2. The van der Waals surface area contributed by atoms with Crippen molar-refractivity contribution in [1.29, 1.82) is 0 Å². The van der Waals surface area contributed by atoms with Crippen LogP contribution in [0, 0.1) is 5.92 Å². The van der Waals surface area contributed by atoms with Crippen molar-refractivity contribution in [1.82, 2.24) is 19.4 Å². The topological polar surface area (TPSA) is 136 Å². The number of piperidine rings is 1. The molecule has 0 radical (unpaired) electrons. The summed E-state index contributed by atoms with van der Waals surface area (Å²) in [4.78, 5) is 50.0. The zero-order valence-electron chi connectivity index (χ0n) is 20.4. The van der Waals surface area contributed by atoms with Crippen molar-refractivity contribution in [3.63, 3.8) is 0 Å². The molecule has 4 heterocycles. The van der Waals surface area contributed by atoms with Gasteiger partial charge in [-0.25, -0.2) is 0 Å². The van der Waals surface area contributed by atoms with E-state index in [1.807, 2.05) is 34.9 Å². The van der Waals surface area contributed by atoms with Crippen molar-refractivity contribution in [3.8, 4) is 0 Å². The molecule has 1 fully saturated rings. The Morgan fingerprint density at radius 3 is 2.42 bits per heavy atom. The largest absolute Gasteiger partial charge is 0.483 e. The van der Waals surface area contributed by atoms with E-state index in [1.54, 1.807) is 12.1 Å². The lowest BCUT2D eigenvalue weighted by atomic mass is 9.78. The molecule has 3 aromatic rings. The number of carboxylic acid groups (broad SMARTS) is 2. The van der Waals surface area contributed by atoms with Crippen molar-refractivity contribution in [3.05, 3.63) is 80.5 Å². The van der Waals surface area contributed by atoms with Crippen molar-refractivity contribution in [2.24, 2.45) is 5.92 Å². The van der Waals surface area contributed by atoms with Gasteiger partial charge < -0.3 is 24.7 Å². The molecule has 0 unspecified atom stereocenters. The Balaban J connectivity index is 0.000000550. The molecule has 192 valence electrons. The summed E-state index contributed by atoms with van der Waals surface area (Å²) in [5.74, 6) is 0.772. The summed E-state index contributed by atoms with van der Waals surface area (Å²) < 4.78 is 2.05. The third kappa shape index (κ3) is 6.07. The van der Waals surface area contributed by atoms with Gasteiger partial charge in [-0.2, -0.15) is 0 Å². The number of pyridine rings is 2. The molecule has 0 saturated carbocycles. The first kappa shape index (κ1) is 26.8. The van der Waals surface area contributed by atoms with Gasteiger partial charge in [-0.1, -0.05) is 18.2 Å². The maximum atomic E-state index is 12.7. The van der Waals surface area contributed by atoms with Gasteiger partial charge in [0.2, 0.25) is 0 Å². The van der Waals surface area contributed by atoms with Crippen molar-refractivity contribution >= 4 is 23.8 Å². The first-order valence-corrected chi connectivity index (χ1v) is 11.7. The Morgan fingerprint density at radius 2 is 1.72 bits per heavy atom. The van der Waals surface area contributed by atoms with Crippen LogP contribution < -0.4 is 11.0 Å². The van der Waals surface area contributed by atoms with Crippen LogP contribution in [0.25, 0.3) is 10.9 Å². The van der Waals surface area contributed by atoms with E-state index in [2.05, 4.69) is 34.9 Å². The molecule has 3 N–H and O–H groups in total. The third-order valence-corrected chi connectivity index (χ3v) is 6.61. The zero-order chi connectivity index (χ0) is 26.2. The van der Waals surface area contributed by atoms with E-state index in [4.69, 9.17) is 19.8 Å². The van der Waals surface area contributed by atoms with Gasteiger partial charge in [-0.3, -0.25) is 24.1 Å². The molecule has 36 heavy (non-hydrogen) atoms. The van der Waals surface area contributed by atoms with Crippen LogP contribution in [0.5, 0.6) is 0 Å². The fraction of sp³-hybridized carbons (Fsp3) is 0.385. The average molecular weight is 497 g/mol. The summed E-state index contributed by atoms with van der Waals surface area (Å²) in [7, 11) is 4.14. The molecule has 1 aromatic carbocycles. The minimum atomic E-state index is -0.250. The lowest BCUT2D eigenvalue weighted by Gasteiger charge is -2.47. The summed E-state index contributed by atoms with van der Waals surface area (Å²) in [5, 5.41) is 14.5. The molecule has 2 aliphatic rings. The lowest BCUT2D eigenvalue weighted by Crippen LogP contribution is -2.51. The summed E-state index contributed by atoms with van der Waals surface area (Å²) in [5.41, 5.74) is 3.18. The SMILES string of the molecule is CN(C)C[C@H]1[C@H]2C[C@H](CN(Cc3cc(=O)c4ccccc4[nH]3)C2)c2cccc(=O)n21.O=CO.O=CO. The average Bonchev–Trinajstić information content (AvgIpc) is 2.83. The highest BCUT2D eigenvalue weighted by atomic mass is 16.3. The summed E-state index contributed by atoms with van der Waals surface area (Å²) in [6, 6.07) is 15.3. The van der Waals surface area contributed by atoms with E-state index in [1.165, 1.54) is 0 Å². The van der Waals surface area contributed by atoms with Gasteiger partial charge in [-0.05, 0) is 44.6 Å². The number of aromatic amines is 1. The molecule has 0 amide bonds. The molecule has 1 saturated heterocycles. The second-order valence-corrected chi connectivity index (χ2v) is 9.29. The van der Waals surface area contributed by atoms with Crippen LogP contribution in [-0.4, -0.2) is 76.2 Å². The predicted molar refractivity (Wildman–Crippen MR) is 136 cm³/mol. The second kappa shape index (κ2) is 12.3. The smallest absolute Gasteiger partial charge is 0.290 e. The van der Waals surface area contributed by atoms with E-state index < -0.39 is 0 Å². The number of para-hydroxylation sites is 1. The molecule has 5 rings (SSSR count). The zero-order valence-corrected chi connectivity index (χ0v) is 20.4. The number of rotatable bonds is 4. The molecular formula is C26H32N4O6. The molecule has 2 aliphatic heterocycles. The highest BCUT2D eigenvalue weighted by Crippen LogP contribution is 2.41. The van der Waals surface area contributed by atoms with Crippen LogP contribution in [0.2, 0.25) is 0 Å². The fourth-order valence-electron chi connectivity index (χ4n) is 5.45. The molecule has 2 bridgehead atoms. The maximum absolute atomic E-state index is 12.7. The predicted octanol–water partition coefficient (Wildman–Crippen LogP) is 1.81. The van der Waals surface area contributed by atoms with Gasteiger partial charge in [0.15, 0.2) is 5.43 Å². The van der Waals surface area contributed by atoms with Crippen LogP contribution in [0.1, 0.15) is 29.8 Å². The van der Waals surface area contributed by atoms with Crippen molar-refractivity contribution in [2.45, 2.75) is 24.9 Å². The van der Waals surface area contributed by atoms with Gasteiger partial charge >= 0.3 is 0 Å². The number of nitrogens with one attached hydrogen (secondary N) is 1. The van der Waals surface area contributed by atoms with Crippen LogP contribution in [0.3, 0.4) is 0 Å². The van der Waals surface area contributed by atoms with Gasteiger partial charge in [0.1, 0.15) is 0 Å². The summed E-state index contributed by atoms with van der Waals surface area (Å²) >= 11 is 0. The van der Waals surface area contributed by atoms with E-state index in [-0.39, 0.29) is 30.0 Å². The van der Waals surface area contributed by atoms with E-state index >= 15 is 0 Å². The number of hydrogen-bond acceptors (Lipinski definition) is 6. The Morgan fingerprint density at radius 1 is 1.03 bits per heavy atom. The highest BCUT2D eigenvalue weighted by Gasteiger charge is 2.40. The van der Waals surface area contributed by atoms with Crippen LogP contribution >= 0.6 is 0 Å². The van der Waals surface area contributed by atoms with Gasteiger partial charge in [0, 0.05) is 66.5 Å². The molecule has 10 nitrogen and oxygen atoms in total. The normalized spacial score (nSPS) is 20.4. The number of nitrogens with zero attached hydrogens (tertiary/aromatic N) is 3. The second-order valence-electron chi connectivity index (χ2n) is 9.29. The Bertz CT molecular complexity index is 1300. The number of carbonyl (C=O) groups is 2. The van der Waals surface area contributed by atoms with Crippen LogP contribution in [0.4, 0.5) is 0 Å². The molecule has 3 atom stereocenters. The molecule has 0 spiro atoms. The van der Waals surface area contributed by atoms with Crippen LogP contribution in [0.15, 0.2) is 58.1 Å². The van der Waals surface area contributed by atoms with Crippen molar-refractivity contribution in [2.75, 3.05) is 33.7 Å². The standard InChI is InChI=1S/C24H28N4O2.2CH2O2/c1-26(2)15-22-17-10-16(21-8-5-9-24(30)28(21)22)12-27(13-17)14-18-11-23(29)19-6-3-4-7-20(19)25-18;2*2-1-3/h3-9,11,16-17,22H,10,12-15H2,1-2H3,(H,25,29);2*1H,(H,2,3)/t16-,17+,22+;;/m1../s1. The number of likely N-dealkylation sites (N-methyl/N-ethyl adjacent to an activating group) is 1. The van der Waals surface area contributed by atoms with E-state index in [0.29, 0.717) is 11.8 Å². The number of hydrogen-bond donors (Lipinski definition) is 3. The van der Waals surface area contributed by atoms with Gasteiger partial charge in [-0.15, -0.1) is 0 Å². The minimum absolute atomic E-state index is 0.0685. The Labute approximate surface area is 208 Å². The van der Waals surface area contributed by atoms with Gasteiger partial charge in [0.05, 0.1) is 6.04 Å². The maximum Gasteiger partial charge on any atom is 0.290 e. The monoisotopic (exact) mass is 496 g/mol. The number of benzene rings is 1. The van der Waals surface area contributed by atoms with Crippen LogP contribution in [-0.2, 0) is 16.1 Å².